The van der Waals surface area contributed by atoms with Crippen LogP contribution in [0.1, 0.15) is 51.6 Å². The number of hydrogen-bond acceptors (Lipinski definition) is 4. The zero-order valence-electron chi connectivity index (χ0n) is 12.1. The molecule has 0 bridgehead atoms. The lowest BCUT2D eigenvalue weighted by atomic mass is 10.0. The van der Waals surface area contributed by atoms with Gasteiger partial charge in [-0.25, -0.2) is 0 Å². The summed E-state index contributed by atoms with van der Waals surface area (Å²) in [5.41, 5.74) is 12.0. The van der Waals surface area contributed by atoms with E-state index in [4.69, 9.17) is 16.2 Å². The van der Waals surface area contributed by atoms with Crippen LogP contribution >= 0.6 is 0 Å². The minimum Gasteiger partial charge on any atom is -0.508 e. The van der Waals surface area contributed by atoms with Gasteiger partial charge in [-0.3, -0.25) is 0 Å². The topological polar surface area (TPSA) is 81.5 Å². The molecule has 0 aliphatic rings. The van der Waals surface area contributed by atoms with Crippen LogP contribution in [0, 0.1) is 0 Å². The van der Waals surface area contributed by atoms with Crippen molar-refractivity contribution in [3.8, 4) is 11.5 Å². The standard InChI is InChI=1S/C15H26N2O2/c1-15(2,3)19-11-7-8-14(18)12(10-11)13(17)6-4-5-9-16/h7-8,10,13,18H,4-6,9,16-17H2,1-3H3/t13-/m0/s1. The third-order valence-electron chi connectivity index (χ3n) is 2.79. The van der Waals surface area contributed by atoms with Crippen LogP contribution in [0.3, 0.4) is 0 Å². The lowest BCUT2D eigenvalue weighted by molar-refractivity contribution is 0.130. The molecule has 0 heterocycles. The van der Waals surface area contributed by atoms with E-state index in [9.17, 15) is 5.11 Å². The van der Waals surface area contributed by atoms with Gasteiger partial charge in [-0.1, -0.05) is 6.42 Å². The molecule has 19 heavy (non-hydrogen) atoms. The van der Waals surface area contributed by atoms with Crippen molar-refractivity contribution in [3.05, 3.63) is 23.8 Å². The Kier molecular flexibility index (Phi) is 5.63. The summed E-state index contributed by atoms with van der Waals surface area (Å²) >= 11 is 0. The summed E-state index contributed by atoms with van der Waals surface area (Å²) in [5, 5.41) is 9.90. The maximum absolute atomic E-state index is 9.90. The fourth-order valence-corrected chi connectivity index (χ4v) is 1.91. The van der Waals surface area contributed by atoms with Gasteiger partial charge in [0, 0.05) is 11.6 Å². The van der Waals surface area contributed by atoms with Crippen LogP contribution < -0.4 is 16.2 Å². The van der Waals surface area contributed by atoms with E-state index in [1.165, 1.54) is 0 Å². The van der Waals surface area contributed by atoms with Gasteiger partial charge in [-0.15, -0.1) is 0 Å². The van der Waals surface area contributed by atoms with E-state index in [-0.39, 0.29) is 17.4 Å². The fraction of sp³-hybridized carbons (Fsp3) is 0.600. The Morgan fingerprint density at radius 3 is 2.53 bits per heavy atom. The molecule has 0 saturated heterocycles. The molecule has 0 fully saturated rings. The normalized spacial score (nSPS) is 13.3. The van der Waals surface area contributed by atoms with Crippen molar-refractivity contribution < 1.29 is 9.84 Å². The molecule has 1 rings (SSSR count). The minimum atomic E-state index is -0.266. The second-order valence-electron chi connectivity index (χ2n) is 5.83. The van der Waals surface area contributed by atoms with Crippen LogP contribution in [0.4, 0.5) is 0 Å². The summed E-state index contributed by atoms with van der Waals surface area (Å²) in [6.07, 6.45) is 2.72. The van der Waals surface area contributed by atoms with Gasteiger partial charge in [0.05, 0.1) is 0 Å². The van der Waals surface area contributed by atoms with Crippen molar-refractivity contribution in [1.82, 2.24) is 0 Å². The van der Waals surface area contributed by atoms with Gasteiger partial charge in [0.15, 0.2) is 0 Å². The average molecular weight is 266 g/mol. The maximum Gasteiger partial charge on any atom is 0.120 e. The zero-order chi connectivity index (χ0) is 14.5. The van der Waals surface area contributed by atoms with E-state index in [1.807, 2.05) is 26.8 Å². The molecule has 1 aromatic rings. The van der Waals surface area contributed by atoms with Crippen molar-refractivity contribution in [1.29, 1.82) is 0 Å². The predicted molar refractivity (Wildman–Crippen MR) is 78.3 cm³/mol. The number of rotatable bonds is 6. The van der Waals surface area contributed by atoms with Gasteiger partial charge in [0.25, 0.3) is 0 Å². The maximum atomic E-state index is 9.90. The predicted octanol–water partition coefficient (Wildman–Crippen LogP) is 2.70. The molecule has 4 heteroatoms. The highest BCUT2D eigenvalue weighted by molar-refractivity contribution is 5.41. The van der Waals surface area contributed by atoms with Gasteiger partial charge < -0.3 is 21.3 Å². The molecular formula is C15H26N2O2. The van der Waals surface area contributed by atoms with E-state index in [0.29, 0.717) is 6.54 Å². The smallest absolute Gasteiger partial charge is 0.120 e. The number of hydrogen-bond donors (Lipinski definition) is 3. The number of aromatic hydroxyl groups is 1. The van der Waals surface area contributed by atoms with Crippen LogP contribution in [0.15, 0.2) is 18.2 Å². The molecular weight excluding hydrogens is 240 g/mol. The summed E-state index contributed by atoms with van der Waals surface area (Å²) in [6, 6.07) is 5.04. The third-order valence-corrected chi connectivity index (χ3v) is 2.79. The Labute approximate surface area is 115 Å². The lowest BCUT2D eigenvalue weighted by Gasteiger charge is -2.22. The van der Waals surface area contributed by atoms with Crippen molar-refractivity contribution in [3.63, 3.8) is 0 Å². The number of nitrogens with two attached hydrogens (primary N) is 2. The zero-order valence-corrected chi connectivity index (χ0v) is 12.1. The molecule has 1 atom stereocenters. The monoisotopic (exact) mass is 266 g/mol. The van der Waals surface area contributed by atoms with E-state index in [2.05, 4.69) is 0 Å². The third kappa shape index (κ3) is 5.49. The number of benzene rings is 1. The molecule has 0 unspecified atom stereocenters. The summed E-state index contributed by atoms with van der Waals surface area (Å²) in [6.45, 7) is 6.63. The van der Waals surface area contributed by atoms with Gasteiger partial charge in [-0.2, -0.15) is 0 Å². The van der Waals surface area contributed by atoms with Gasteiger partial charge in [0.1, 0.15) is 17.1 Å². The van der Waals surface area contributed by atoms with Crippen LogP contribution in [0.2, 0.25) is 0 Å². The second-order valence-corrected chi connectivity index (χ2v) is 5.83. The molecule has 0 amide bonds. The van der Waals surface area contributed by atoms with E-state index in [1.54, 1.807) is 12.1 Å². The number of phenols is 1. The summed E-state index contributed by atoms with van der Waals surface area (Å²) in [4.78, 5) is 0. The fourth-order valence-electron chi connectivity index (χ4n) is 1.91. The van der Waals surface area contributed by atoms with Crippen molar-refractivity contribution >= 4 is 0 Å². The highest BCUT2D eigenvalue weighted by atomic mass is 16.5. The van der Waals surface area contributed by atoms with Gasteiger partial charge >= 0.3 is 0 Å². The molecule has 1 aromatic carbocycles. The van der Waals surface area contributed by atoms with Crippen molar-refractivity contribution in [2.45, 2.75) is 51.7 Å². The summed E-state index contributed by atoms with van der Waals surface area (Å²) in [7, 11) is 0. The van der Waals surface area contributed by atoms with Crippen molar-refractivity contribution in [2.24, 2.45) is 11.5 Å². The quantitative estimate of drug-likeness (QED) is 0.691. The number of phenolic OH excluding ortho intramolecular Hbond substituents is 1. The molecule has 4 nitrogen and oxygen atoms in total. The number of ether oxygens (including phenoxy) is 1. The first kappa shape index (κ1) is 15.8. The highest BCUT2D eigenvalue weighted by Crippen LogP contribution is 2.31. The molecule has 108 valence electrons. The molecule has 0 radical (unpaired) electrons. The van der Waals surface area contributed by atoms with E-state index >= 15 is 0 Å². The Morgan fingerprint density at radius 1 is 1.26 bits per heavy atom. The van der Waals surface area contributed by atoms with Crippen molar-refractivity contribution in [2.75, 3.05) is 6.54 Å². The first-order valence-electron chi connectivity index (χ1n) is 6.81. The molecule has 0 aromatic heterocycles. The van der Waals surface area contributed by atoms with Crippen LogP contribution in [-0.4, -0.2) is 17.3 Å². The molecule has 5 N–H and O–H groups in total. The largest absolute Gasteiger partial charge is 0.508 e. The summed E-state index contributed by atoms with van der Waals surface area (Å²) < 4.78 is 5.79. The molecule has 0 aliphatic carbocycles. The lowest BCUT2D eigenvalue weighted by Crippen LogP contribution is -2.23. The molecule has 0 saturated carbocycles. The SMILES string of the molecule is CC(C)(C)Oc1ccc(O)c([C@@H](N)CCCCN)c1. The second kappa shape index (κ2) is 6.78. The van der Waals surface area contributed by atoms with E-state index < -0.39 is 0 Å². The van der Waals surface area contributed by atoms with Crippen LogP contribution in [0.25, 0.3) is 0 Å². The number of unbranched alkanes of at least 4 members (excludes halogenated alkanes) is 1. The van der Waals surface area contributed by atoms with E-state index in [0.717, 1.165) is 30.6 Å². The molecule has 0 spiro atoms. The van der Waals surface area contributed by atoms with Crippen LogP contribution in [-0.2, 0) is 0 Å². The Bertz CT molecular complexity index is 400. The molecule has 0 aliphatic heterocycles. The Balaban J connectivity index is 2.78. The van der Waals surface area contributed by atoms with Gasteiger partial charge in [0.2, 0.25) is 0 Å². The summed E-state index contributed by atoms with van der Waals surface area (Å²) in [5.74, 6) is 0.955. The first-order chi connectivity index (χ1) is 8.83. The minimum absolute atomic E-state index is 0.185. The van der Waals surface area contributed by atoms with Crippen LogP contribution in [0.5, 0.6) is 11.5 Å². The van der Waals surface area contributed by atoms with Gasteiger partial charge in [-0.05, 0) is 58.4 Å². The Morgan fingerprint density at radius 2 is 1.95 bits per heavy atom. The first-order valence-corrected chi connectivity index (χ1v) is 6.81. The highest BCUT2D eigenvalue weighted by Gasteiger charge is 2.16. The Hall–Kier alpha value is -1.26. The average Bonchev–Trinajstić information content (AvgIpc) is 2.30.